The number of aromatic nitrogens is 1. The summed E-state index contributed by atoms with van der Waals surface area (Å²) in [6, 6.07) is 8.88. The summed E-state index contributed by atoms with van der Waals surface area (Å²) in [4.78, 5) is 28.3. The van der Waals surface area contributed by atoms with Gasteiger partial charge in [-0.05, 0) is 49.9 Å². The van der Waals surface area contributed by atoms with Gasteiger partial charge in [-0.1, -0.05) is 6.07 Å². The van der Waals surface area contributed by atoms with Crippen LogP contribution >= 0.6 is 24.8 Å². The molecule has 1 heterocycles. The van der Waals surface area contributed by atoms with Gasteiger partial charge in [0.1, 0.15) is 11.4 Å². The second kappa shape index (κ2) is 11.0. The van der Waals surface area contributed by atoms with Crippen LogP contribution in [-0.4, -0.2) is 29.9 Å². The highest BCUT2D eigenvalue weighted by Gasteiger charge is 2.28. The molecule has 1 aliphatic carbocycles. The summed E-state index contributed by atoms with van der Waals surface area (Å²) in [5, 5.41) is 5.48. The van der Waals surface area contributed by atoms with E-state index in [2.05, 4.69) is 15.6 Å². The van der Waals surface area contributed by atoms with Gasteiger partial charge in [-0.2, -0.15) is 0 Å². The van der Waals surface area contributed by atoms with Gasteiger partial charge in [0.25, 0.3) is 5.91 Å². The number of amides is 2. The number of rotatable bonds is 5. The number of carbonyl (C=O) groups excluding carboxylic acids is 2. The summed E-state index contributed by atoms with van der Waals surface area (Å²) in [6.07, 6.45) is 3.88. The van der Waals surface area contributed by atoms with Crippen molar-refractivity contribution in [3.05, 3.63) is 47.8 Å². The molecule has 2 unspecified atom stereocenters. The van der Waals surface area contributed by atoms with Crippen LogP contribution in [0.4, 0.5) is 5.69 Å². The van der Waals surface area contributed by atoms with Crippen molar-refractivity contribution in [2.24, 2.45) is 11.7 Å². The molecule has 9 heteroatoms. The van der Waals surface area contributed by atoms with Crippen LogP contribution in [0.2, 0.25) is 0 Å². The predicted molar refractivity (Wildman–Crippen MR) is 117 cm³/mol. The molecular weight excluding hydrogens is 415 g/mol. The van der Waals surface area contributed by atoms with Gasteiger partial charge in [0.05, 0.1) is 5.69 Å². The van der Waals surface area contributed by atoms with E-state index >= 15 is 0 Å². The van der Waals surface area contributed by atoms with Gasteiger partial charge in [-0.3, -0.25) is 14.6 Å². The SMILES string of the molecule is CNC(=O)c1cc(Oc2cc(C)ccc2NC(=O)C2CCC(N)C2)ccn1.Cl.Cl. The number of carbonyl (C=O) groups is 2. The number of pyridine rings is 1. The van der Waals surface area contributed by atoms with Gasteiger partial charge in [-0.25, -0.2) is 0 Å². The van der Waals surface area contributed by atoms with Crippen molar-refractivity contribution in [3.8, 4) is 11.5 Å². The lowest BCUT2D eigenvalue weighted by atomic mass is 10.1. The lowest BCUT2D eigenvalue weighted by molar-refractivity contribution is -0.119. The summed E-state index contributed by atoms with van der Waals surface area (Å²) in [5.74, 6) is 0.565. The molecule has 1 fully saturated rings. The zero-order chi connectivity index (χ0) is 19.4. The quantitative estimate of drug-likeness (QED) is 0.659. The number of benzene rings is 1. The third kappa shape index (κ3) is 6.32. The molecule has 1 saturated carbocycles. The van der Waals surface area contributed by atoms with E-state index in [0.29, 0.717) is 23.6 Å². The normalized spacial score (nSPS) is 17.5. The van der Waals surface area contributed by atoms with Crippen LogP contribution in [0, 0.1) is 12.8 Å². The van der Waals surface area contributed by atoms with Crippen molar-refractivity contribution in [1.29, 1.82) is 0 Å². The number of aryl methyl sites for hydroxylation is 1. The fourth-order valence-electron chi connectivity index (χ4n) is 3.16. The molecule has 1 aliphatic rings. The van der Waals surface area contributed by atoms with Gasteiger partial charge in [0.2, 0.25) is 5.91 Å². The van der Waals surface area contributed by atoms with Crippen LogP contribution < -0.4 is 21.1 Å². The fourth-order valence-corrected chi connectivity index (χ4v) is 3.16. The Bertz CT molecular complexity index is 863. The summed E-state index contributed by atoms with van der Waals surface area (Å²) in [7, 11) is 1.54. The molecule has 1 aromatic carbocycles. The molecule has 0 radical (unpaired) electrons. The van der Waals surface area contributed by atoms with Gasteiger partial charge >= 0.3 is 0 Å². The molecule has 29 heavy (non-hydrogen) atoms. The Kier molecular flexibility index (Phi) is 9.36. The number of nitrogens with zero attached hydrogens (tertiary/aromatic N) is 1. The highest BCUT2D eigenvalue weighted by molar-refractivity contribution is 5.94. The second-order valence-corrected chi connectivity index (χ2v) is 6.82. The number of anilines is 1. The zero-order valence-corrected chi connectivity index (χ0v) is 17.9. The molecule has 3 rings (SSSR count). The molecule has 0 aliphatic heterocycles. The highest BCUT2D eigenvalue weighted by Crippen LogP contribution is 2.32. The molecule has 158 valence electrons. The average Bonchev–Trinajstić information content (AvgIpc) is 3.10. The second-order valence-electron chi connectivity index (χ2n) is 6.82. The lowest BCUT2D eigenvalue weighted by Crippen LogP contribution is -2.23. The van der Waals surface area contributed by atoms with Gasteiger partial charge in [0, 0.05) is 31.3 Å². The first-order valence-electron chi connectivity index (χ1n) is 8.99. The molecule has 2 aromatic rings. The molecule has 4 N–H and O–H groups in total. The number of hydrogen-bond acceptors (Lipinski definition) is 5. The Morgan fingerprint density at radius 2 is 1.93 bits per heavy atom. The third-order valence-corrected chi connectivity index (χ3v) is 4.66. The fraction of sp³-hybridized carbons (Fsp3) is 0.350. The Morgan fingerprint density at radius 3 is 2.59 bits per heavy atom. The maximum Gasteiger partial charge on any atom is 0.269 e. The minimum Gasteiger partial charge on any atom is -0.455 e. The predicted octanol–water partition coefficient (Wildman–Crippen LogP) is 3.45. The molecule has 0 bridgehead atoms. The van der Waals surface area contributed by atoms with Gasteiger partial charge in [0.15, 0.2) is 5.75 Å². The Labute approximate surface area is 182 Å². The van der Waals surface area contributed by atoms with E-state index in [0.717, 1.165) is 18.4 Å². The molecular formula is C20H26Cl2N4O3. The molecule has 0 spiro atoms. The Balaban J connectivity index is 0.00000210. The first-order chi connectivity index (χ1) is 13.0. The van der Waals surface area contributed by atoms with E-state index in [4.69, 9.17) is 10.5 Å². The standard InChI is InChI=1S/C20H24N4O3.2ClH/c1-12-3-6-16(24-19(25)13-4-5-14(21)10-13)18(9-12)27-15-7-8-23-17(11-15)20(26)22-2;;/h3,6-9,11,13-14H,4-5,10,21H2,1-2H3,(H,22,26)(H,24,25);2*1H. The van der Waals surface area contributed by atoms with Crippen molar-refractivity contribution >= 4 is 42.3 Å². The van der Waals surface area contributed by atoms with Crippen LogP contribution in [0.15, 0.2) is 36.5 Å². The van der Waals surface area contributed by atoms with E-state index in [-0.39, 0.29) is 54.3 Å². The largest absolute Gasteiger partial charge is 0.455 e. The monoisotopic (exact) mass is 440 g/mol. The number of halogens is 2. The molecule has 2 atom stereocenters. The summed E-state index contributed by atoms with van der Waals surface area (Å²) < 4.78 is 5.95. The van der Waals surface area contributed by atoms with Crippen LogP contribution in [0.1, 0.15) is 35.3 Å². The van der Waals surface area contributed by atoms with Crippen LogP contribution in [0.3, 0.4) is 0 Å². The average molecular weight is 441 g/mol. The lowest BCUT2D eigenvalue weighted by Gasteiger charge is -2.15. The van der Waals surface area contributed by atoms with Crippen LogP contribution in [-0.2, 0) is 4.79 Å². The zero-order valence-electron chi connectivity index (χ0n) is 16.3. The van der Waals surface area contributed by atoms with Crippen LogP contribution in [0.5, 0.6) is 11.5 Å². The summed E-state index contributed by atoms with van der Waals surface area (Å²) in [6.45, 7) is 1.94. The molecule has 0 saturated heterocycles. The third-order valence-electron chi connectivity index (χ3n) is 4.66. The van der Waals surface area contributed by atoms with Gasteiger partial charge in [-0.15, -0.1) is 24.8 Å². The molecule has 1 aromatic heterocycles. The Hall–Kier alpha value is -2.35. The number of hydrogen-bond donors (Lipinski definition) is 3. The number of nitrogens with one attached hydrogen (secondary N) is 2. The van der Waals surface area contributed by atoms with Crippen molar-refractivity contribution in [3.63, 3.8) is 0 Å². The Morgan fingerprint density at radius 1 is 1.17 bits per heavy atom. The molecule has 2 amide bonds. The first kappa shape index (κ1) is 24.7. The van der Waals surface area contributed by atoms with Crippen molar-refractivity contribution in [1.82, 2.24) is 10.3 Å². The van der Waals surface area contributed by atoms with E-state index < -0.39 is 0 Å². The summed E-state index contributed by atoms with van der Waals surface area (Å²) >= 11 is 0. The molecule has 7 nitrogen and oxygen atoms in total. The van der Waals surface area contributed by atoms with Crippen molar-refractivity contribution in [2.45, 2.75) is 32.2 Å². The maximum atomic E-state index is 12.5. The van der Waals surface area contributed by atoms with E-state index in [9.17, 15) is 9.59 Å². The highest BCUT2D eigenvalue weighted by atomic mass is 35.5. The number of ether oxygens (including phenoxy) is 1. The number of nitrogens with two attached hydrogens (primary N) is 1. The minimum absolute atomic E-state index is 0. The van der Waals surface area contributed by atoms with Crippen molar-refractivity contribution < 1.29 is 14.3 Å². The summed E-state index contributed by atoms with van der Waals surface area (Å²) in [5.41, 5.74) is 7.75. The topological polar surface area (TPSA) is 106 Å². The van der Waals surface area contributed by atoms with E-state index in [1.54, 1.807) is 19.2 Å². The van der Waals surface area contributed by atoms with E-state index in [1.165, 1.54) is 6.20 Å². The maximum absolute atomic E-state index is 12.5. The van der Waals surface area contributed by atoms with Crippen molar-refractivity contribution in [2.75, 3.05) is 12.4 Å². The van der Waals surface area contributed by atoms with Gasteiger partial charge < -0.3 is 21.1 Å². The first-order valence-corrected chi connectivity index (χ1v) is 8.99. The van der Waals surface area contributed by atoms with E-state index in [1.807, 2.05) is 25.1 Å². The minimum atomic E-state index is -0.296. The van der Waals surface area contributed by atoms with Crippen LogP contribution in [0.25, 0.3) is 0 Å². The smallest absolute Gasteiger partial charge is 0.269 e.